The van der Waals surface area contributed by atoms with Crippen molar-refractivity contribution < 1.29 is 9.47 Å². The van der Waals surface area contributed by atoms with E-state index in [1.165, 1.54) is 12.0 Å². The van der Waals surface area contributed by atoms with Crippen LogP contribution < -0.4 is 4.74 Å². The molecule has 0 aromatic heterocycles. The van der Waals surface area contributed by atoms with Crippen LogP contribution in [0.1, 0.15) is 18.9 Å². The summed E-state index contributed by atoms with van der Waals surface area (Å²) in [6.45, 7) is 3.48. The molecule has 0 aliphatic rings. The Morgan fingerprint density at radius 3 is 2.26 bits per heavy atom. The maximum Gasteiger partial charge on any atom is 0.119 e. The summed E-state index contributed by atoms with van der Waals surface area (Å²) in [6, 6.07) is 8.97. The van der Waals surface area contributed by atoms with Gasteiger partial charge in [-0.1, -0.05) is 12.1 Å². The van der Waals surface area contributed by atoms with Crippen LogP contribution in [0.25, 0.3) is 0 Å². The van der Waals surface area contributed by atoms with E-state index in [4.69, 9.17) is 9.47 Å². The van der Waals surface area contributed by atoms with Gasteiger partial charge in [-0.15, -0.1) is 12.4 Å². The molecule has 0 amide bonds. The second-order valence-electron chi connectivity index (χ2n) is 4.84. The maximum atomic E-state index is 5.53. The van der Waals surface area contributed by atoms with E-state index in [0.717, 1.165) is 12.2 Å². The Balaban J connectivity index is 0.00000324. The molecule has 1 rings (SSSR count). The molecule has 0 heterocycles. The lowest BCUT2D eigenvalue weighted by Gasteiger charge is -2.19. The highest BCUT2D eigenvalue weighted by molar-refractivity contribution is 5.85. The highest BCUT2D eigenvalue weighted by Crippen LogP contribution is 2.14. The van der Waals surface area contributed by atoms with Gasteiger partial charge in [-0.2, -0.15) is 0 Å². The van der Waals surface area contributed by atoms with Crippen LogP contribution in [0.15, 0.2) is 24.3 Å². The van der Waals surface area contributed by atoms with Crippen molar-refractivity contribution in [2.24, 2.45) is 0 Å². The van der Waals surface area contributed by atoms with Crippen molar-refractivity contribution in [1.82, 2.24) is 4.90 Å². The zero-order valence-corrected chi connectivity index (χ0v) is 13.2. The normalized spacial score (nSPS) is 12.1. The summed E-state index contributed by atoms with van der Waals surface area (Å²) in [6.07, 6.45) is 2.29. The molecule has 3 nitrogen and oxygen atoms in total. The molecule has 0 aliphatic heterocycles. The first-order valence-electron chi connectivity index (χ1n) is 6.50. The second-order valence-corrected chi connectivity index (χ2v) is 4.84. The van der Waals surface area contributed by atoms with Crippen molar-refractivity contribution in [3.05, 3.63) is 29.8 Å². The van der Waals surface area contributed by atoms with E-state index in [1.807, 2.05) is 12.1 Å². The number of nitrogens with zero attached hydrogens (tertiary/aromatic N) is 1. The van der Waals surface area contributed by atoms with Crippen LogP contribution in [0.3, 0.4) is 0 Å². The van der Waals surface area contributed by atoms with Crippen LogP contribution in [0.2, 0.25) is 0 Å². The van der Waals surface area contributed by atoms with Gasteiger partial charge < -0.3 is 14.4 Å². The predicted molar refractivity (Wildman–Crippen MR) is 82.5 cm³/mol. The summed E-state index contributed by atoms with van der Waals surface area (Å²) in [4.78, 5) is 2.25. The standard InChI is InChI=1S/C15H25NO2.ClH/c1-13(16(2)3)5-6-14-7-9-15(10-8-14)18-12-11-17-4;/h7-10,13H,5-6,11-12H2,1-4H3;1H. The third-order valence-corrected chi connectivity index (χ3v) is 3.21. The molecule has 1 unspecified atom stereocenters. The van der Waals surface area contributed by atoms with Gasteiger partial charge >= 0.3 is 0 Å². The number of methoxy groups -OCH3 is 1. The van der Waals surface area contributed by atoms with Crippen LogP contribution in [0.4, 0.5) is 0 Å². The van der Waals surface area contributed by atoms with Gasteiger partial charge in [-0.3, -0.25) is 0 Å². The molecule has 0 radical (unpaired) electrons. The number of ether oxygens (including phenoxy) is 2. The maximum absolute atomic E-state index is 5.53. The molecule has 0 aliphatic carbocycles. The van der Waals surface area contributed by atoms with Crippen molar-refractivity contribution in [1.29, 1.82) is 0 Å². The fourth-order valence-corrected chi connectivity index (χ4v) is 1.63. The minimum Gasteiger partial charge on any atom is -0.491 e. The van der Waals surface area contributed by atoms with Gasteiger partial charge in [0.1, 0.15) is 12.4 Å². The van der Waals surface area contributed by atoms with Crippen molar-refractivity contribution in [2.45, 2.75) is 25.8 Å². The van der Waals surface area contributed by atoms with E-state index in [2.05, 4.69) is 38.1 Å². The Morgan fingerprint density at radius 1 is 1.11 bits per heavy atom. The van der Waals surface area contributed by atoms with Gasteiger partial charge in [0.2, 0.25) is 0 Å². The van der Waals surface area contributed by atoms with Crippen molar-refractivity contribution in [3.8, 4) is 5.75 Å². The lowest BCUT2D eigenvalue weighted by molar-refractivity contribution is 0.146. The summed E-state index contributed by atoms with van der Waals surface area (Å²) in [5.41, 5.74) is 1.36. The molecule has 0 saturated carbocycles. The Morgan fingerprint density at radius 2 is 1.74 bits per heavy atom. The van der Waals surface area contributed by atoms with Crippen LogP contribution >= 0.6 is 12.4 Å². The number of halogens is 1. The lowest BCUT2D eigenvalue weighted by Crippen LogP contribution is -2.24. The number of benzene rings is 1. The number of rotatable bonds is 8. The fraction of sp³-hybridized carbons (Fsp3) is 0.600. The molecule has 1 aromatic carbocycles. The van der Waals surface area contributed by atoms with Crippen molar-refractivity contribution >= 4 is 12.4 Å². The third kappa shape index (κ3) is 7.41. The molecule has 0 spiro atoms. The summed E-state index contributed by atoms with van der Waals surface area (Å²) in [5, 5.41) is 0. The molecule has 0 N–H and O–H groups in total. The lowest BCUT2D eigenvalue weighted by atomic mass is 10.1. The first-order valence-corrected chi connectivity index (χ1v) is 6.50. The van der Waals surface area contributed by atoms with E-state index in [-0.39, 0.29) is 12.4 Å². The Labute approximate surface area is 123 Å². The van der Waals surface area contributed by atoms with Crippen molar-refractivity contribution in [3.63, 3.8) is 0 Å². The molecule has 0 saturated heterocycles. The van der Waals surface area contributed by atoms with Crippen LogP contribution in [0, 0.1) is 0 Å². The highest BCUT2D eigenvalue weighted by Gasteiger charge is 2.04. The zero-order chi connectivity index (χ0) is 13.4. The molecule has 0 fully saturated rings. The topological polar surface area (TPSA) is 21.7 Å². The molecule has 110 valence electrons. The van der Waals surface area contributed by atoms with Crippen molar-refractivity contribution in [2.75, 3.05) is 34.4 Å². The molecular weight excluding hydrogens is 262 g/mol. The third-order valence-electron chi connectivity index (χ3n) is 3.21. The number of hydrogen-bond acceptors (Lipinski definition) is 3. The summed E-state index contributed by atoms with van der Waals surface area (Å²) in [7, 11) is 5.92. The fourth-order valence-electron chi connectivity index (χ4n) is 1.63. The molecule has 1 aromatic rings. The summed E-state index contributed by atoms with van der Waals surface area (Å²) < 4.78 is 10.5. The smallest absolute Gasteiger partial charge is 0.119 e. The Kier molecular flexibility index (Phi) is 9.66. The average molecular weight is 288 g/mol. The van der Waals surface area contributed by atoms with Gasteiger partial charge in [0.15, 0.2) is 0 Å². The van der Waals surface area contributed by atoms with Gasteiger partial charge in [0.05, 0.1) is 6.61 Å². The van der Waals surface area contributed by atoms with Gasteiger partial charge in [0, 0.05) is 13.2 Å². The van der Waals surface area contributed by atoms with E-state index >= 15 is 0 Å². The minimum atomic E-state index is 0. The summed E-state index contributed by atoms with van der Waals surface area (Å²) in [5.74, 6) is 0.913. The highest BCUT2D eigenvalue weighted by atomic mass is 35.5. The predicted octanol–water partition coefficient (Wildman–Crippen LogP) is 3.02. The van der Waals surface area contributed by atoms with Gasteiger partial charge in [-0.05, 0) is 51.6 Å². The Hall–Kier alpha value is -0.770. The minimum absolute atomic E-state index is 0. The first-order chi connectivity index (χ1) is 8.63. The SMILES string of the molecule is COCCOc1ccc(CCC(C)N(C)C)cc1.Cl. The zero-order valence-electron chi connectivity index (χ0n) is 12.4. The molecule has 1 atom stereocenters. The average Bonchev–Trinajstić information content (AvgIpc) is 2.37. The monoisotopic (exact) mass is 287 g/mol. The number of aryl methyl sites for hydroxylation is 1. The number of hydrogen-bond donors (Lipinski definition) is 0. The van der Waals surface area contributed by atoms with E-state index in [0.29, 0.717) is 19.3 Å². The van der Waals surface area contributed by atoms with E-state index < -0.39 is 0 Å². The van der Waals surface area contributed by atoms with E-state index in [9.17, 15) is 0 Å². The molecule has 4 heteroatoms. The van der Waals surface area contributed by atoms with Gasteiger partial charge in [-0.25, -0.2) is 0 Å². The molecule has 19 heavy (non-hydrogen) atoms. The van der Waals surface area contributed by atoms with Crippen LogP contribution in [-0.4, -0.2) is 45.4 Å². The van der Waals surface area contributed by atoms with E-state index in [1.54, 1.807) is 7.11 Å². The Bertz CT molecular complexity index is 327. The molecular formula is C15H26ClNO2. The van der Waals surface area contributed by atoms with Gasteiger partial charge in [0.25, 0.3) is 0 Å². The second kappa shape index (κ2) is 10.1. The largest absolute Gasteiger partial charge is 0.491 e. The summed E-state index contributed by atoms with van der Waals surface area (Å²) >= 11 is 0. The first kappa shape index (κ1) is 18.2. The quantitative estimate of drug-likeness (QED) is 0.686. The molecule has 0 bridgehead atoms. The van der Waals surface area contributed by atoms with Crippen LogP contribution in [-0.2, 0) is 11.2 Å². The van der Waals surface area contributed by atoms with Crippen LogP contribution in [0.5, 0.6) is 5.75 Å².